The highest BCUT2D eigenvalue weighted by atomic mass is 127. The van der Waals surface area contributed by atoms with E-state index in [1.54, 1.807) is 19.2 Å². The number of ether oxygens (including phenoxy) is 3. The van der Waals surface area contributed by atoms with E-state index in [-0.39, 0.29) is 30.1 Å². The molecule has 2 aromatic rings. The minimum Gasteiger partial charge on any atom is -0.495 e. The normalized spacial score (nSPS) is 16.2. The molecule has 158 valence electrons. The van der Waals surface area contributed by atoms with Crippen molar-refractivity contribution in [3.8, 4) is 11.5 Å². The van der Waals surface area contributed by atoms with Crippen LogP contribution in [0.25, 0.3) is 0 Å². The molecular weight excluding hydrogens is 505 g/mol. The van der Waals surface area contributed by atoms with Gasteiger partial charge in [-0.15, -0.1) is 24.0 Å². The number of benzene rings is 2. The topological polar surface area (TPSA) is 78.1 Å². The summed E-state index contributed by atoms with van der Waals surface area (Å²) in [6.45, 7) is 3.81. The first-order chi connectivity index (χ1) is 13.5. The Morgan fingerprint density at radius 1 is 1.28 bits per heavy atom. The zero-order chi connectivity index (χ0) is 19.9. The van der Waals surface area contributed by atoms with Crippen LogP contribution in [-0.2, 0) is 11.3 Å². The highest BCUT2D eigenvalue weighted by Gasteiger charge is 2.17. The molecule has 8 heteroatoms. The van der Waals surface area contributed by atoms with Gasteiger partial charge in [0, 0.05) is 17.9 Å². The van der Waals surface area contributed by atoms with E-state index in [0.717, 1.165) is 42.0 Å². The molecular formula is C21H27ClIN3O3. The van der Waals surface area contributed by atoms with Crippen molar-refractivity contribution in [3.63, 3.8) is 0 Å². The lowest BCUT2D eigenvalue weighted by Crippen LogP contribution is -2.22. The van der Waals surface area contributed by atoms with E-state index in [1.807, 2.05) is 31.2 Å². The van der Waals surface area contributed by atoms with Gasteiger partial charge in [-0.2, -0.15) is 0 Å². The van der Waals surface area contributed by atoms with Crippen molar-refractivity contribution >= 4 is 47.2 Å². The lowest BCUT2D eigenvalue weighted by Gasteiger charge is -2.15. The first kappa shape index (κ1) is 23.6. The van der Waals surface area contributed by atoms with Crippen LogP contribution in [-0.4, -0.2) is 32.4 Å². The summed E-state index contributed by atoms with van der Waals surface area (Å²) in [7, 11) is 1.57. The maximum Gasteiger partial charge on any atom is 0.193 e. The van der Waals surface area contributed by atoms with Gasteiger partial charge in [0.1, 0.15) is 18.1 Å². The number of nitrogens with one attached hydrogen (secondary N) is 1. The van der Waals surface area contributed by atoms with E-state index in [1.165, 1.54) is 0 Å². The Bertz CT molecular complexity index is 842. The molecule has 2 aromatic carbocycles. The van der Waals surface area contributed by atoms with Crippen LogP contribution in [0.1, 0.15) is 24.0 Å². The monoisotopic (exact) mass is 531 g/mol. The van der Waals surface area contributed by atoms with Crippen LogP contribution in [0, 0.1) is 6.92 Å². The average Bonchev–Trinajstić information content (AvgIpc) is 3.19. The number of rotatable bonds is 7. The van der Waals surface area contributed by atoms with Crippen LogP contribution in [0.4, 0.5) is 5.69 Å². The molecule has 1 aliphatic heterocycles. The molecule has 0 radical (unpaired) electrons. The van der Waals surface area contributed by atoms with Crippen molar-refractivity contribution in [1.29, 1.82) is 0 Å². The highest BCUT2D eigenvalue weighted by molar-refractivity contribution is 14.0. The number of guanidine groups is 1. The molecule has 1 aliphatic rings. The van der Waals surface area contributed by atoms with Crippen LogP contribution < -0.4 is 20.5 Å². The summed E-state index contributed by atoms with van der Waals surface area (Å²) in [5, 5.41) is 3.54. The molecule has 1 fully saturated rings. The minimum absolute atomic E-state index is 0. The third-order valence-electron chi connectivity index (χ3n) is 4.52. The van der Waals surface area contributed by atoms with Crippen molar-refractivity contribution in [1.82, 2.24) is 0 Å². The Balaban J connectivity index is 0.00000300. The van der Waals surface area contributed by atoms with E-state index in [4.69, 9.17) is 31.5 Å². The molecule has 0 bridgehead atoms. The summed E-state index contributed by atoms with van der Waals surface area (Å²) >= 11 is 6.14. The Labute approximate surface area is 193 Å². The highest BCUT2D eigenvalue weighted by Crippen LogP contribution is 2.27. The zero-order valence-electron chi connectivity index (χ0n) is 16.6. The zero-order valence-corrected chi connectivity index (χ0v) is 19.7. The Morgan fingerprint density at radius 2 is 2.10 bits per heavy atom. The van der Waals surface area contributed by atoms with Gasteiger partial charge in [-0.05, 0) is 49.6 Å². The van der Waals surface area contributed by atoms with Gasteiger partial charge in [-0.25, -0.2) is 4.99 Å². The summed E-state index contributed by atoms with van der Waals surface area (Å²) in [5.41, 5.74) is 8.88. The lowest BCUT2D eigenvalue weighted by atomic mass is 10.1. The molecule has 1 atom stereocenters. The first-order valence-corrected chi connectivity index (χ1v) is 9.67. The van der Waals surface area contributed by atoms with E-state index >= 15 is 0 Å². The standard InChI is InChI=1S/C21H26ClN3O3.HI/c1-14-5-6-15(20(10-14)28-13-17-4-3-9-27-17)12-24-21(23)25-16-7-8-19(26-2)18(22)11-16;/h5-8,10-11,17H,3-4,9,12-13H2,1-2H3,(H3,23,24,25);1H. The Morgan fingerprint density at radius 3 is 2.79 bits per heavy atom. The van der Waals surface area contributed by atoms with Gasteiger partial charge in [0.05, 0.1) is 24.8 Å². The van der Waals surface area contributed by atoms with Crippen molar-refractivity contribution in [3.05, 3.63) is 52.5 Å². The molecule has 29 heavy (non-hydrogen) atoms. The molecule has 0 amide bonds. The number of anilines is 1. The predicted octanol–water partition coefficient (Wildman–Crippen LogP) is 4.76. The number of nitrogens with two attached hydrogens (primary N) is 1. The molecule has 0 aromatic heterocycles. The van der Waals surface area contributed by atoms with Crippen molar-refractivity contribution < 1.29 is 14.2 Å². The van der Waals surface area contributed by atoms with E-state index < -0.39 is 0 Å². The molecule has 1 unspecified atom stereocenters. The third-order valence-corrected chi connectivity index (χ3v) is 4.81. The summed E-state index contributed by atoms with van der Waals surface area (Å²) in [4.78, 5) is 4.43. The van der Waals surface area contributed by atoms with Crippen molar-refractivity contribution in [2.45, 2.75) is 32.4 Å². The Hall–Kier alpha value is -1.71. The van der Waals surface area contributed by atoms with Crippen molar-refractivity contribution in [2.75, 3.05) is 25.6 Å². The number of methoxy groups -OCH3 is 1. The van der Waals surface area contributed by atoms with Gasteiger partial charge in [-0.3, -0.25) is 0 Å². The molecule has 0 spiro atoms. The Kier molecular flexibility index (Phi) is 9.32. The predicted molar refractivity (Wildman–Crippen MR) is 128 cm³/mol. The summed E-state index contributed by atoms with van der Waals surface area (Å²) in [6.07, 6.45) is 2.31. The van der Waals surface area contributed by atoms with E-state index in [2.05, 4.69) is 10.3 Å². The second kappa shape index (κ2) is 11.5. The number of aliphatic imine (C=N–C) groups is 1. The second-order valence-electron chi connectivity index (χ2n) is 6.73. The van der Waals surface area contributed by atoms with Crippen LogP contribution in [0.3, 0.4) is 0 Å². The molecule has 1 heterocycles. The fraction of sp³-hybridized carbons (Fsp3) is 0.381. The number of halogens is 2. The largest absolute Gasteiger partial charge is 0.495 e. The van der Waals surface area contributed by atoms with Crippen LogP contribution in [0.15, 0.2) is 41.4 Å². The van der Waals surface area contributed by atoms with Crippen molar-refractivity contribution in [2.24, 2.45) is 10.7 Å². The molecule has 6 nitrogen and oxygen atoms in total. The van der Waals surface area contributed by atoms with E-state index in [9.17, 15) is 0 Å². The molecule has 0 aliphatic carbocycles. The van der Waals surface area contributed by atoms with Crippen LogP contribution in [0.5, 0.6) is 11.5 Å². The van der Waals surface area contributed by atoms with Gasteiger partial charge in [0.2, 0.25) is 0 Å². The minimum atomic E-state index is 0. The molecule has 3 N–H and O–H groups in total. The van der Waals surface area contributed by atoms with Gasteiger partial charge in [0.15, 0.2) is 5.96 Å². The van der Waals surface area contributed by atoms with E-state index in [0.29, 0.717) is 29.9 Å². The summed E-state index contributed by atoms with van der Waals surface area (Å²) in [6, 6.07) is 11.4. The summed E-state index contributed by atoms with van der Waals surface area (Å²) < 4.78 is 16.8. The number of hydrogen-bond donors (Lipinski definition) is 2. The molecule has 0 saturated carbocycles. The number of hydrogen-bond acceptors (Lipinski definition) is 4. The molecule has 3 rings (SSSR count). The van der Waals surface area contributed by atoms with Gasteiger partial charge in [0.25, 0.3) is 0 Å². The second-order valence-corrected chi connectivity index (χ2v) is 7.14. The van der Waals surface area contributed by atoms with Gasteiger partial charge >= 0.3 is 0 Å². The third kappa shape index (κ3) is 6.94. The lowest BCUT2D eigenvalue weighted by molar-refractivity contribution is 0.0676. The SMILES string of the molecule is COc1ccc(NC(N)=NCc2ccc(C)cc2OCC2CCCO2)cc1Cl.I. The van der Waals surface area contributed by atoms with Gasteiger partial charge < -0.3 is 25.3 Å². The number of nitrogens with zero attached hydrogens (tertiary/aromatic N) is 1. The molecule has 1 saturated heterocycles. The van der Waals surface area contributed by atoms with Crippen LogP contribution >= 0.6 is 35.6 Å². The fourth-order valence-electron chi connectivity index (χ4n) is 2.99. The average molecular weight is 532 g/mol. The quantitative estimate of drug-likeness (QED) is 0.306. The summed E-state index contributed by atoms with van der Waals surface area (Å²) in [5.74, 6) is 1.72. The van der Waals surface area contributed by atoms with Crippen LogP contribution in [0.2, 0.25) is 5.02 Å². The smallest absolute Gasteiger partial charge is 0.193 e. The number of aryl methyl sites for hydroxylation is 1. The maximum atomic E-state index is 6.14. The maximum absolute atomic E-state index is 6.14. The fourth-order valence-corrected chi connectivity index (χ4v) is 3.24. The van der Waals surface area contributed by atoms with Gasteiger partial charge in [-0.1, -0.05) is 23.7 Å². The first-order valence-electron chi connectivity index (χ1n) is 9.29.